The SMILES string of the molecule is CCc1noc(C(C)N2CCN(c3ccc(S(=O)(=O)C(C)(C)C)nc3)CC2)n1. The zero-order valence-electron chi connectivity index (χ0n) is 17.2. The molecule has 154 valence electrons. The summed E-state index contributed by atoms with van der Waals surface area (Å²) in [6.07, 6.45) is 2.42. The molecule has 0 amide bonds. The summed E-state index contributed by atoms with van der Waals surface area (Å²) >= 11 is 0. The van der Waals surface area contributed by atoms with Crippen molar-refractivity contribution in [3.8, 4) is 0 Å². The van der Waals surface area contributed by atoms with Gasteiger partial charge in [0.05, 0.1) is 22.7 Å². The average Bonchev–Trinajstić information content (AvgIpc) is 3.16. The number of aryl methyl sites for hydroxylation is 1. The van der Waals surface area contributed by atoms with Gasteiger partial charge in [0.25, 0.3) is 0 Å². The lowest BCUT2D eigenvalue weighted by molar-refractivity contribution is 0.164. The second kappa shape index (κ2) is 7.79. The molecule has 8 nitrogen and oxygen atoms in total. The topological polar surface area (TPSA) is 92.4 Å². The van der Waals surface area contributed by atoms with Crippen molar-refractivity contribution in [2.75, 3.05) is 31.1 Å². The van der Waals surface area contributed by atoms with Crippen LogP contribution in [-0.4, -0.2) is 59.4 Å². The van der Waals surface area contributed by atoms with E-state index in [-0.39, 0.29) is 11.1 Å². The summed E-state index contributed by atoms with van der Waals surface area (Å²) in [5.74, 6) is 1.39. The van der Waals surface area contributed by atoms with Gasteiger partial charge in [0.15, 0.2) is 20.7 Å². The van der Waals surface area contributed by atoms with E-state index in [1.165, 1.54) is 0 Å². The van der Waals surface area contributed by atoms with Crippen LogP contribution in [-0.2, 0) is 16.3 Å². The normalized spacial score (nSPS) is 17.7. The molecule has 3 rings (SSSR count). The smallest absolute Gasteiger partial charge is 0.243 e. The fourth-order valence-corrected chi connectivity index (χ4v) is 4.20. The summed E-state index contributed by atoms with van der Waals surface area (Å²) in [5.41, 5.74) is 0.936. The van der Waals surface area contributed by atoms with Crippen molar-refractivity contribution in [3.05, 3.63) is 30.0 Å². The molecule has 2 aromatic rings. The lowest BCUT2D eigenvalue weighted by Crippen LogP contribution is -2.47. The van der Waals surface area contributed by atoms with E-state index in [0.29, 0.717) is 5.89 Å². The molecule has 0 N–H and O–H groups in total. The Labute approximate surface area is 166 Å². The third-order valence-electron chi connectivity index (χ3n) is 5.19. The van der Waals surface area contributed by atoms with Crippen molar-refractivity contribution in [2.45, 2.75) is 56.9 Å². The van der Waals surface area contributed by atoms with Gasteiger partial charge in [-0.3, -0.25) is 4.90 Å². The van der Waals surface area contributed by atoms with Crippen LogP contribution in [0.3, 0.4) is 0 Å². The first-order valence-corrected chi connectivity index (χ1v) is 11.1. The molecule has 2 aromatic heterocycles. The second-order valence-corrected chi connectivity index (χ2v) is 10.7. The first-order chi connectivity index (χ1) is 13.1. The highest BCUT2D eigenvalue weighted by molar-refractivity contribution is 7.92. The van der Waals surface area contributed by atoms with Gasteiger partial charge >= 0.3 is 0 Å². The predicted octanol–water partition coefficient (Wildman–Crippen LogP) is 2.48. The van der Waals surface area contributed by atoms with Crippen LogP contribution in [0.2, 0.25) is 0 Å². The number of anilines is 1. The summed E-state index contributed by atoms with van der Waals surface area (Å²) in [4.78, 5) is 13.2. The van der Waals surface area contributed by atoms with Crippen LogP contribution in [0, 0.1) is 0 Å². The zero-order chi connectivity index (χ0) is 20.5. The van der Waals surface area contributed by atoms with Gasteiger partial charge in [-0.1, -0.05) is 12.1 Å². The monoisotopic (exact) mass is 407 g/mol. The molecule has 1 aliphatic heterocycles. The maximum Gasteiger partial charge on any atom is 0.243 e. The van der Waals surface area contributed by atoms with Crippen LogP contribution in [0.5, 0.6) is 0 Å². The number of aromatic nitrogens is 3. The van der Waals surface area contributed by atoms with E-state index in [1.807, 2.05) is 13.0 Å². The van der Waals surface area contributed by atoms with Crippen molar-refractivity contribution in [2.24, 2.45) is 0 Å². The van der Waals surface area contributed by atoms with E-state index in [1.54, 1.807) is 33.0 Å². The predicted molar refractivity (Wildman–Crippen MR) is 107 cm³/mol. The molecule has 28 heavy (non-hydrogen) atoms. The number of sulfone groups is 1. The molecule has 0 saturated carbocycles. The summed E-state index contributed by atoms with van der Waals surface area (Å²) < 4.78 is 29.5. The molecule has 1 fully saturated rings. The Morgan fingerprint density at radius 3 is 2.36 bits per heavy atom. The molecule has 0 aromatic carbocycles. The maximum atomic E-state index is 12.5. The van der Waals surface area contributed by atoms with E-state index < -0.39 is 14.6 Å². The molecule has 0 spiro atoms. The first-order valence-electron chi connectivity index (χ1n) is 9.65. The molecular weight excluding hydrogens is 378 g/mol. The molecule has 0 aliphatic carbocycles. The Morgan fingerprint density at radius 2 is 1.86 bits per heavy atom. The molecule has 0 bridgehead atoms. The standard InChI is InChI=1S/C19H29N5O3S/c1-6-16-21-18(27-22-16)14(2)23-9-11-24(12-10-23)15-7-8-17(20-13-15)28(25,26)19(3,4)5/h7-8,13-14H,6,9-12H2,1-5H3. The lowest BCUT2D eigenvalue weighted by atomic mass is 10.2. The molecule has 1 atom stereocenters. The summed E-state index contributed by atoms with van der Waals surface area (Å²) in [5, 5.41) is 4.10. The van der Waals surface area contributed by atoms with Crippen LogP contribution in [0.15, 0.2) is 27.9 Å². The van der Waals surface area contributed by atoms with Gasteiger partial charge in [-0.05, 0) is 39.8 Å². The van der Waals surface area contributed by atoms with Crippen molar-refractivity contribution < 1.29 is 12.9 Å². The molecule has 1 aliphatic rings. The highest BCUT2D eigenvalue weighted by Crippen LogP contribution is 2.26. The Morgan fingerprint density at radius 1 is 1.18 bits per heavy atom. The number of piperazine rings is 1. The molecule has 1 saturated heterocycles. The van der Waals surface area contributed by atoms with Gasteiger partial charge in [-0.15, -0.1) is 0 Å². The van der Waals surface area contributed by atoms with Crippen molar-refractivity contribution in [3.63, 3.8) is 0 Å². The highest BCUT2D eigenvalue weighted by Gasteiger charge is 2.32. The van der Waals surface area contributed by atoms with Crippen molar-refractivity contribution in [1.29, 1.82) is 0 Å². The summed E-state index contributed by atoms with van der Waals surface area (Å²) in [6.45, 7) is 12.5. The number of rotatable bonds is 5. The maximum absolute atomic E-state index is 12.5. The van der Waals surface area contributed by atoms with Gasteiger partial charge in [0, 0.05) is 32.6 Å². The van der Waals surface area contributed by atoms with Gasteiger partial charge < -0.3 is 9.42 Å². The molecule has 1 unspecified atom stereocenters. The molecule has 3 heterocycles. The quantitative estimate of drug-likeness (QED) is 0.746. The van der Waals surface area contributed by atoms with E-state index in [9.17, 15) is 8.42 Å². The fraction of sp³-hybridized carbons (Fsp3) is 0.632. The Hall–Kier alpha value is -2.00. The number of pyridine rings is 1. The second-order valence-electron chi connectivity index (χ2n) is 8.07. The van der Waals surface area contributed by atoms with Crippen molar-refractivity contribution >= 4 is 15.5 Å². The Bertz CT molecular complexity index is 894. The van der Waals surface area contributed by atoms with E-state index in [4.69, 9.17) is 4.52 Å². The van der Waals surface area contributed by atoms with Crippen LogP contribution in [0.4, 0.5) is 5.69 Å². The van der Waals surface area contributed by atoms with E-state index in [0.717, 1.165) is 44.1 Å². The van der Waals surface area contributed by atoms with Crippen molar-refractivity contribution in [1.82, 2.24) is 20.0 Å². The first kappa shape index (κ1) is 20.7. The van der Waals surface area contributed by atoms with Gasteiger partial charge in [0.1, 0.15) is 0 Å². The van der Waals surface area contributed by atoms with Gasteiger partial charge in [0.2, 0.25) is 5.89 Å². The third kappa shape index (κ3) is 4.05. The van der Waals surface area contributed by atoms with Crippen LogP contribution >= 0.6 is 0 Å². The third-order valence-corrected chi connectivity index (χ3v) is 7.59. The minimum Gasteiger partial charge on any atom is -0.368 e. The number of hydrogen-bond donors (Lipinski definition) is 0. The molecular formula is C19H29N5O3S. The van der Waals surface area contributed by atoms with E-state index >= 15 is 0 Å². The number of hydrogen-bond acceptors (Lipinski definition) is 8. The summed E-state index contributed by atoms with van der Waals surface area (Å²) in [6, 6.07) is 3.53. The van der Waals surface area contributed by atoms with E-state index in [2.05, 4.69) is 31.8 Å². The lowest BCUT2D eigenvalue weighted by Gasteiger charge is -2.37. The highest BCUT2D eigenvalue weighted by atomic mass is 32.2. The summed E-state index contributed by atoms with van der Waals surface area (Å²) in [7, 11) is -3.44. The van der Waals surface area contributed by atoms with Crippen LogP contribution < -0.4 is 4.90 Å². The van der Waals surface area contributed by atoms with Crippen LogP contribution in [0.1, 0.15) is 52.4 Å². The minimum absolute atomic E-state index is 0.0763. The van der Waals surface area contributed by atoms with Crippen LogP contribution in [0.25, 0.3) is 0 Å². The largest absolute Gasteiger partial charge is 0.368 e. The Balaban J connectivity index is 1.63. The molecule has 9 heteroatoms. The molecule has 0 radical (unpaired) electrons. The number of nitrogens with zero attached hydrogens (tertiary/aromatic N) is 5. The van der Waals surface area contributed by atoms with Gasteiger partial charge in [-0.25, -0.2) is 13.4 Å². The minimum atomic E-state index is -3.44. The fourth-order valence-electron chi connectivity index (χ4n) is 3.14. The Kier molecular flexibility index (Phi) is 5.77. The van der Waals surface area contributed by atoms with Gasteiger partial charge in [-0.2, -0.15) is 4.98 Å². The average molecular weight is 408 g/mol. The zero-order valence-corrected chi connectivity index (χ0v) is 18.0.